The Morgan fingerprint density at radius 3 is 2.68 bits per heavy atom. The minimum Gasteiger partial charge on any atom is -0.445 e. The zero-order chi connectivity index (χ0) is 21.9. The molecule has 0 fully saturated rings. The van der Waals surface area contributed by atoms with E-state index in [0.29, 0.717) is 44.8 Å². The summed E-state index contributed by atoms with van der Waals surface area (Å²) in [4.78, 5) is 18.2. The fourth-order valence-corrected chi connectivity index (χ4v) is 5.88. The van der Waals surface area contributed by atoms with Gasteiger partial charge in [0.05, 0.1) is 21.7 Å². The lowest BCUT2D eigenvalue weighted by Crippen LogP contribution is -2.33. The Labute approximate surface area is 194 Å². The van der Waals surface area contributed by atoms with Crippen LogP contribution in [-0.2, 0) is 9.53 Å². The minimum atomic E-state index is -0.487. The van der Waals surface area contributed by atoms with Crippen molar-refractivity contribution < 1.29 is 9.53 Å². The second-order valence-corrected chi connectivity index (χ2v) is 10.6. The van der Waals surface area contributed by atoms with Gasteiger partial charge in [-0.05, 0) is 41.3 Å². The molecule has 1 atom stereocenters. The van der Waals surface area contributed by atoms with Crippen molar-refractivity contribution in [3.8, 4) is 0 Å². The number of aromatic nitrogens is 1. The molecule has 0 saturated heterocycles. The van der Waals surface area contributed by atoms with Gasteiger partial charge < -0.3 is 10.5 Å². The summed E-state index contributed by atoms with van der Waals surface area (Å²) < 4.78 is 7.12. The number of halogens is 2. The number of carbonyl (C=O) groups excluding carboxylic acids is 1. The number of ketones is 1. The average Bonchev–Trinajstić information content (AvgIpc) is 3.11. The van der Waals surface area contributed by atoms with Gasteiger partial charge in [-0.15, -0.1) is 11.3 Å². The number of hydrogen-bond donors (Lipinski definition) is 1. The van der Waals surface area contributed by atoms with Crippen LogP contribution in [0.1, 0.15) is 43.2 Å². The molecule has 5 rings (SSSR count). The van der Waals surface area contributed by atoms with Gasteiger partial charge in [0.2, 0.25) is 0 Å². The van der Waals surface area contributed by atoms with Gasteiger partial charge in [-0.1, -0.05) is 49.2 Å². The van der Waals surface area contributed by atoms with Crippen LogP contribution in [0.2, 0.25) is 10.0 Å². The van der Waals surface area contributed by atoms with E-state index in [2.05, 4.69) is 13.8 Å². The first-order valence-corrected chi connectivity index (χ1v) is 11.6. The fourth-order valence-electron chi connectivity index (χ4n) is 4.43. The molecule has 2 N–H and O–H groups in total. The highest BCUT2D eigenvalue weighted by Gasteiger charge is 2.44. The normalized spacial score (nSPS) is 20.8. The molecule has 0 bridgehead atoms. The fraction of sp³-hybridized carbons (Fsp3) is 0.250. The predicted molar refractivity (Wildman–Crippen MR) is 126 cm³/mol. The van der Waals surface area contributed by atoms with Gasteiger partial charge in [0.25, 0.3) is 0 Å². The summed E-state index contributed by atoms with van der Waals surface area (Å²) in [6, 6.07) is 13.2. The molecule has 1 unspecified atom stereocenters. The Kier molecular flexibility index (Phi) is 4.88. The molecule has 2 aliphatic rings. The van der Waals surface area contributed by atoms with Crippen LogP contribution in [0, 0.1) is 5.41 Å². The SMILES string of the molecule is CC1(C)CC(=O)C2=C(C1)OC(N)=C(c1nc3ccccc3s1)C2c1cc(Cl)ccc1Cl. The molecular weight excluding hydrogens is 451 g/mol. The van der Waals surface area contributed by atoms with Crippen LogP contribution >= 0.6 is 34.5 Å². The summed E-state index contributed by atoms with van der Waals surface area (Å²) >= 11 is 14.5. The molecule has 0 saturated carbocycles. The van der Waals surface area contributed by atoms with Gasteiger partial charge in [-0.3, -0.25) is 4.79 Å². The van der Waals surface area contributed by atoms with Crippen LogP contribution < -0.4 is 5.73 Å². The Morgan fingerprint density at radius 2 is 1.90 bits per heavy atom. The first-order valence-electron chi connectivity index (χ1n) is 9.98. The maximum absolute atomic E-state index is 13.4. The van der Waals surface area contributed by atoms with Crippen LogP contribution in [-0.4, -0.2) is 10.8 Å². The third-order valence-electron chi connectivity index (χ3n) is 5.75. The highest BCUT2D eigenvalue weighted by atomic mass is 35.5. The zero-order valence-electron chi connectivity index (χ0n) is 17.0. The van der Waals surface area contributed by atoms with Crippen molar-refractivity contribution in [2.45, 2.75) is 32.6 Å². The summed E-state index contributed by atoms with van der Waals surface area (Å²) in [6.07, 6.45) is 1.05. The second-order valence-electron chi connectivity index (χ2n) is 8.74. The molecule has 1 aliphatic carbocycles. The van der Waals surface area contributed by atoms with Gasteiger partial charge in [-0.25, -0.2) is 4.98 Å². The third-order valence-corrected chi connectivity index (χ3v) is 7.40. The molecule has 158 valence electrons. The highest BCUT2D eigenvalue weighted by Crippen LogP contribution is 2.52. The average molecular weight is 471 g/mol. The van der Waals surface area contributed by atoms with E-state index in [1.54, 1.807) is 18.2 Å². The van der Waals surface area contributed by atoms with E-state index in [4.69, 9.17) is 38.7 Å². The van der Waals surface area contributed by atoms with Crippen molar-refractivity contribution in [1.29, 1.82) is 0 Å². The standard InChI is InChI=1S/C24H20Cl2N2O2S/c1-24(2)10-16(29)20-17(11-24)30-22(27)21(19(20)13-9-12(25)7-8-14(13)26)23-28-15-5-3-4-6-18(15)31-23/h3-9,19H,10-11,27H2,1-2H3. The molecule has 2 heterocycles. The van der Waals surface area contributed by atoms with Crippen molar-refractivity contribution in [3.05, 3.63) is 80.3 Å². The monoisotopic (exact) mass is 470 g/mol. The Bertz CT molecular complexity index is 1270. The lowest BCUT2D eigenvalue weighted by Gasteiger charge is -2.38. The molecule has 0 radical (unpaired) electrons. The summed E-state index contributed by atoms with van der Waals surface area (Å²) in [5.74, 6) is 0.423. The molecular formula is C24H20Cl2N2O2S. The molecule has 0 amide bonds. The first kappa shape index (κ1) is 20.6. The van der Waals surface area contributed by atoms with Crippen molar-refractivity contribution in [1.82, 2.24) is 4.98 Å². The number of nitrogens with zero attached hydrogens (tertiary/aromatic N) is 1. The van der Waals surface area contributed by atoms with Crippen LogP contribution in [0.15, 0.2) is 59.7 Å². The number of carbonyl (C=O) groups is 1. The maximum Gasteiger partial charge on any atom is 0.197 e. The van der Waals surface area contributed by atoms with Crippen molar-refractivity contribution >= 4 is 56.1 Å². The number of hydrogen-bond acceptors (Lipinski definition) is 5. The molecule has 3 aromatic rings. The van der Waals surface area contributed by atoms with Crippen LogP contribution in [0.4, 0.5) is 0 Å². The minimum absolute atomic E-state index is 0.0402. The van der Waals surface area contributed by atoms with Gasteiger partial charge in [0.15, 0.2) is 11.7 Å². The number of nitrogens with two attached hydrogens (primary N) is 1. The Morgan fingerprint density at radius 1 is 1.13 bits per heavy atom. The molecule has 0 spiro atoms. The van der Waals surface area contributed by atoms with E-state index in [9.17, 15) is 4.79 Å². The highest BCUT2D eigenvalue weighted by molar-refractivity contribution is 7.19. The number of ether oxygens (including phenoxy) is 1. The molecule has 1 aliphatic heterocycles. The van der Waals surface area contributed by atoms with Gasteiger partial charge >= 0.3 is 0 Å². The van der Waals surface area contributed by atoms with E-state index in [1.807, 2.05) is 24.3 Å². The Hall–Kier alpha value is -2.34. The second kappa shape index (κ2) is 7.37. The number of para-hydroxylation sites is 1. The Balaban J connectivity index is 1.77. The van der Waals surface area contributed by atoms with Crippen molar-refractivity contribution in [2.24, 2.45) is 11.1 Å². The molecule has 4 nitrogen and oxygen atoms in total. The molecule has 31 heavy (non-hydrogen) atoms. The number of benzene rings is 2. The van der Waals surface area contributed by atoms with Crippen LogP contribution in [0.5, 0.6) is 0 Å². The van der Waals surface area contributed by atoms with Gasteiger partial charge in [0, 0.05) is 28.5 Å². The lowest BCUT2D eigenvalue weighted by molar-refractivity contribution is -0.118. The van der Waals surface area contributed by atoms with E-state index < -0.39 is 5.92 Å². The number of fused-ring (bicyclic) bond motifs is 1. The smallest absolute Gasteiger partial charge is 0.197 e. The van der Waals surface area contributed by atoms with Crippen molar-refractivity contribution in [2.75, 3.05) is 0 Å². The van der Waals surface area contributed by atoms with Gasteiger partial charge in [0.1, 0.15) is 10.8 Å². The van der Waals surface area contributed by atoms with E-state index >= 15 is 0 Å². The third kappa shape index (κ3) is 3.55. The summed E-state index contributed by atoms with van der Waals surface area (Å²) in [7, 11) is 0. The maximum atomic E-state index is 13.4. The topological polar surface area (TPSA) is 65.2 Å². The van der Waals surface area contributed by atoms with E-state index in [0.717, 1.165) is 15.8 Å². The number of rotatable bonds is 2. The molecule has 2 aromatic carbocycles. The predicted octanol–water partition coefficient (Wildman–Crippen LogP) is 6.69. The summed E-state index contributed by atoms with van der Waals surface area (Å²) in [5.41, 5.74) is 9.16. The van der Waals surface area contributed by atoms with Crippen molar-refractivity contribution in [3.63, 3.8) is 0 Å². The molecule has 7 heteroatoms. The van der Waals surface area contributed by atoms with Gasteiger partial charge in [-0.2, -0.15) is 0 Å². The summed E-state index contributed by atoms with van der Waals surface area (Å²) in [6.45, 7) is 4.12. The quantitative estimate of drug-likeness (QED) is 0.452. The number of thiazole rings is 1. The number of allylic oxidation sites excluding steroid dienone is 3. The first-order chi connectivity index (χ1) is 14.7. The van der Waals surface area contributed by atoms with E-state index in [1.165, 1.54) is 11.3 Å². The zero-order valence-corrected chi connectivity index (χ0v) is 19.4. The number of Topliss-reactive ketones (excluding diaryl/α,β-unsaturated/α-hetero) is 1. The molecule has 1 aromatic heterocycles. The van der Waals surface area contributed by atoms with Crippen LogP contribution in [0.3, 0.4) is 0 Å². The largest absolute Gasteiger partial charge is 0.445 e. The van der Waals surface area contributed by atoms with Crippen LogP contribution in [0.25, 0.3) is 15.8 Å². The van der Waals surface area contributed by atoms with E-state index in [-0.39, 0.29) is 17.1 Å². The lowest BCUT2D eigenvalue weighted by atomic mass is 9.70. The summed E-state index contributed by atoms with van der Waals surface area (Å²) in [5, 5.41) is 1.77.